The molecule has 1 aromatic carbocycles. The van der Waals surface area contributed by atoms with Crippen LogP contribution >= 0.6 is 0 Å². The highest BCUT2D eigenvalue weighted by Gasteiger charge is 2.39. The minimum atomic E-state index is -3.82. The number of esters is 1. The number of hydrogen-bond acceptors (Lipinski definition) is 4. The van der Waals surface area contributed by atoms with Gasteiger partial charge in [-0.1, -0.05) is 49.8 Å². The molecule has 0 radical (unpaired) electrons. The van der Waals surface area contributed by atoms with Gasteiger partial charge in [-0.3, -0.25) is 4.79 Å². The van der Waals surface area contributed by atoms with Crippen LogP contribution in [0.4, 0.5) is 0 Å². The van der Waals surface area contributed by atoms with Gasteiger partial charge < -0.3 is 4.74 Å². The monoisotopic (exact) mass is 379 g/mol. The molecule has 0 spiro atoms. The molecule has 0 fully saturated rings. The number of carbonyl (C=O) groups excluding carboxylic acids is 1. The van der Waals surface area contributed by atoms with Crippen LogP contribution in [0.25, 0.3) is 0 Å². The fourth-order valence-electron chi connectivity index (χ4n) is 2.89. The van der Waals surface area contributed by atoms with E-state index in [1.807, 2.05) is 20.8 Å². The predicted molar refractivity (Wildman–Crippen MR) is 104 cm³/mol. The van der Waals surface area contributed by atoms with Crippen LogP contribution in [-0.4, -0.2) is 38.4 Å². The fraction of sp³-hybridized carbons (Fsp3) is 0.450. The summed E-state index contributed by atoms with van der Waals surface area (Å²) in [4.78, 5) is 12.6. The van der Waals surface area contributed by atoms with Gasteiger partial charge >= 0.3 is 5.97 Å². The Morgan fingerprint density at radius 1 is 1.27 bits per heavy atom. The van der Waals surface area contributed by atoms with E-state index in [4.69, 9.17) is 4.74 Å². The Balaban J connectivity index is 3.51. The molecule has 0 saturated heterocycles. The van der Waals surface area contributed by atoms with E-state index in [2.05, 4.69) is 6.58 Å². The van der Waals surface area contributed by atoms with Crippen molar-refractivity contribution in [1.29, 1.82) is 0 Å². The number of methoxy groups -OCH3 is 1. The quantitative estimate of drug-likeness (QED) is 0.486. The maximum absolute atomic E-state index is 13.3. The van der Waals surface area contributed by atoms with Gasteiger partial charge in [0.1, 0.15) is 0 Å². The van der Waals surface area contributed by atoms with E-state index in [1.165, 1.54) is 17.5 Å². The van der Waals surface area contributed by atoms with E-state index < -0.39 is 28.0 Å². The summed E-state index contributed by atoms with van der Waals surface area (Å²) in [6.45, 7) is 11.2. The molecule has 0 heterocycles. The van der Waals surface area contributed by atoms with Gasteiger partial charge in [0.25, 0.3) is 0 Å². The highest BCUT2D eigenvalue weighted by molar-refractivity contribution is 7.89. The third-order valence-corrected chi connectivity index (χ3v) is 6.10. The summed E-state index contributed by atoms with van der Waals surface area (Å²) in [5, 5.41) is 0. The Hall–Kier alpha value is -1.92. The molecular weight excluding hydrogens is 350 g/mol. The molecule has 1 rings (SSSR count). The van der Waals surface area contributed by atoms with Gasteiger partial charge in [-0.25, -0.2) is 8.42 Å². The first-order chi connectivity index (χ1) is 12.2. The van der Waals surface area contributed by atoms with Gasteiger partial charge in [-0.15, -0.1) is 6.58 Å². The lowest BCUT2D eigenvalue weighted by molar-refractivity contribution is -0.148. The topological polar surface area (TPSA) is 63.7 Å². The number of carbonyl (C=O) groups is 1. The van der Waals surface area contributed by atoms with Crippen LogP contribution in [0.3, 0.4) is 0 Å². The van der Waals surface area contributed by atoms with Crippen LogP contribution < -0.4 is 0 Å². The van der Waals surface area contributed by atoms with Crippen molar-refractivity contribution >= 4 is 16.0 Å². The average molecular weight is 380 g/mol. The van der Waals surface area contributed by atoms with Crippen molar-refractivity contribution < 1.29 is 17.9 Å². The Labute approximate surface area is 157 Å². The molecule has 0 amide bonds. The summed E-state index contributed by atoms with van der Waals surface area (Å²) in [5.74, 6) is -1.17. The highest BCUT2D eigenvalue weighted by atomic mass is 32.2. The Kier molecular flexibility index (Phi) is 8.24. The van der Waals surface area contributed by atoms with Gasteiger partial charge in [-0.05, 0) is 31.9 Å². The number of sulfonamides is 1. The van der Waals surface area contributed by atoms with Crippen LogP contribution in [0.1, 0.15) is 26.3 Å². The zero-order valence-electron chi connectivity index (χ0n) is 16.2. The molecule has 144 valence electrons. The van der Waals surface area contributed by atoms with E-state index in [9.17, 15) is 13.2 Å². The molecule has 1 aromatic rings. The number of nitrogens with zero attached hydrogens (tertiary/aromatic N) is 1. The predicted octanol–water partition coefficient (Wildman–Crippen LogP) is 3.56. The van der Waals surface area contributed by atoms with Crippen molar-refractivity contribution in [1.82, 2.24) is 4.31 Å². The van der Waals surface area contributed by atoms with E-state index in [1.54, 1.807) is 43.3 Å². The van der Waals surface area contributed by atoms with Crippen molar-refractivity contribution in [2.24, 2.45) is 11.8 Å². The van der Waals surface area contributed by atoms with Gasteiger partial charge in [0.2, 0.25) is 10.0 Å². The van der Waals surface area contributed by atoms with Crippen molar-refractivity contribution in [3.05, 3.63) is 54.6 Å². The Morgan fingerprint density at radius 2 is 1.85 bits per heavy atom. The second kappa shape index (κ2) is 9.69. The summed E-state index contributed by atoms with van der Waals surface area (Å²) in [6.07, 6.45) is 5.01. The number of benzene rings is 1. The lowest BCUT2D eigenvalue weighted by atomic mass is 9.88. The molecule has 0 aliphatic rings. The standard InChI is InChI=1S/C20H29NO4S/c1-7-9-18(19(15(3)4)20(22)25-6)21(14-8-2)26(23,24)17-12-10-16(5)11-13-17/h7-13,15,18-19H,2,14H2,1,3-6H3/b9-7+/t18-,19-/m1/s1. The summed E-state index contributed by atoms with van der Waals surface area (Å²) in [7, 11) is -2.50. The van der Waals surface area contributed by atoms with Crippen LogP contribution in [0.15, 0.2) is 54.0 Å². The summed E-state index contributed by atoms with van der Waals surface area (Å²) < 4.78 is 32.8. The number of ether oxygens (including phenoxy) is 1. The largest absolute Gasteiger partial charge is 0.469 e. The lowest BCUT2D eigenvalue weighted by Crippen LogP contribution is -2.48. The first-order valence-electron chi connectivity index (χ1n) is 8.60. The third kappa shape index (κ3) is 5.05. The molecule has 0 bridgehead atoms. The van der Waals surface area contributed by atoms with Gasteiger partial charge in [0.15, 0.2) is 0 Å². The fourth-order valence-corrected chi connectivity index (χ4v) is 4.46. The van der Waals surface area contributed by atoms with E-state index in [0.29, 0.717) is 0 Å². The number of hydrogen-bond donors (Lipinski definition) is 0. The van der Waals surface area contributed by atoms with E-state index >= 15 is 0 Å². The SMILES string of the molecule is C=CCN([C@H](/C=C/C)[C@H](C(=O)OC)C(C)C)S(=O)(=O)c1ccc(C)cc1. The lowest BCUT2D eigenvalue weighted by Gasteiger charge is -2.34. The van der Waals surface area contributed by atoms with Gasteiger partial charge in [-0.2, -0.15) is 4.31 Å². The molecule has 0 aromatic heterocycles. The van der Waals surface area contributed by atoms with Crippen molar-refractivity contribution in [2.75, 3.05) is 13.7 Å². The van der Waals surface area contributed by atoms with Crippen LogP contribution in [-0.2, 0) is 19.6 Å². The molecule has 2 atom stereocenters. The zero-order valence-corrected chi connectivity index (χ0v) is 17.0. The van der Waals surface area contributed by atoms with Gasteiger partial charge in [0, 0.05) is 6.54 Å². The third-order valence-electron chi connectivity index (χ3n) is 4.22. The minimum absolute atomic E-state index is 0.0887. The first kappa shape index (κ1) is 22.1. The molecule has 0 N–H and O–H groups in total. The summed E-state index contributed by atoms with van der Waals surface area (Å²) in [5.41, 5.74) is 0.971. The van der Waals surface area contributed by atoms with E-state index in [0.717, 1.165) is 5.56 Å². The zero-order chi connectivity index (χ0) is 19.9. The maximum atomic E-state index is 13.3. The molecule has 0 unspecified atom stereocenters. The van der Waals surface area contributed by atoms with Gasteiger partial charge in [0.05, 0.1) is 24.0 Å². The number of allylic oxidation sites excluding steroid dienone is 1. The second-order valence-corrected chi connectivity index (χ2v) is 8.38. The van der Waals surface area contributed by atoms with Crippen molar-refractivity contribution in [3.8, 4) is 0 Å². The highest BCUT2D eigenvalue weighted by Crippen LogP contribution is 2.28. The van der Waals surface area contributed by atoms with Crippen molar-refractivity contribution in [3.63, 3.8) is 0 Å². The van der Waals surface area contributed by atoms with E-state index in [-0.39, 0.29) is 17.4 Å². The molecule has 0 aliphatic carbocycles. The normalized spacial score (nSPS) is 14.6. The number of rotatable bonds is 9. The van der Waals surface area contributed by atoms with Crippen molar-refractivity contribution in [2.45, 2.75) is 38.6 Å². The second-order valence-electron chi connectivity index (χ2n) is 6.49. The molecule has 0 saturated carbocycles. The summed E-state index contributed by atoms with van der Waals surface area (Å²) >= 11 is 0. The Morgan fingerprint density at radius 3 is 2.27 bits per heavy atom. The summed E-state index contributed by atoms with van der Waals surface area (Å²) in [6, 6.07) is 6.00. The minimum Gasteiger partial charge on any atom is -0.469 e. The number of aryl methyl sites for hydroxylation is 1. The molecular formula is C20H29NO4S. The Bertz CT molecular complexity index is 736. The average Bonchev–Trinajstić information content (AvgIpc) is 2.59. The molecule has 6 heteroatoms. The molecule has 26 heavy (non-hydrogen) atoms. The van der Waals surface area contributed by atoms with Crippen LogP contribution in [0.5, 0.6) is 0 Å². The van der Waals surface area contributed by atoms with Crippen LogP contribution in [0.2, 0.25) is 0 Å². The maximum Gasteiger partial charge on any atom is 0.310 e. The molecule has 0 aliphatic heterocycles. The van der Waals surface area contributed by atoms with Crippen LogP contribution in [0, 0.1) is 18.8 Å². The first-order valence-corrected chi connectivity index (χ1v) is 10.0. The smallest absolute Gasteiger partial charge is 0.310 e. The molecule has 5 nitrogen and oxygen atoms in total.